The first kappa shape index (κ1) is 19.4. The number of halogens is 1. The number of aryl methyl sites for hydroxylation is 3. The number of ketones is 1. The topological polar surface area (TPSA) is 89.1 Å². The van der Waals surface area contributed by atoms with Crippen LogP contribution in [0.15, 0.2) is 29.1 Å². The number of benzene rings is 1. The Kier molecular flexibility index (Phi) is 5.53. The zero-order valence-corrected chi connectivity index (χ0v) is 16.4. The number of hydrogen-bond acceptors (Lipinski definition) is 6. The van der Waals surface area contributed by atoms with Crippen molar-refractivity contribution in [3.05, 3.63) is 62.3 Å². The number of nitrogens with one attached hydrogen (secondary N) is 1. The number of ether oxygens (including phenoxy) is 1. The van der Waals surface area contributed by atoms with Crippen molar-refractivity contribution in [2.75, 3.05) is 6.61 Å². The highest BCUT2D eigenvalue weighted by Gasteiger charge is 2.20. The number of H-pyrrole nitrogens is 1. The van der Waals surface area contributed by atoms with E-state index in [2.05, 4.69) is 9.97 Å². The number of Topliss-reactive ketones (excluding diaryl/α,β-unsaturated/α-hetero) is 1. The van der Waals surface area contributed by atoms with Gasteiger partial charge in [-0.3, -0.25) is 14.4 Å². The number of carbonyl (C=O) groups is 2. The number of rotatable bonds is 6. The van der Waals surface area contributed by atoms with Gasteiger partial charge < -0.3 is 9.72 Å². The normalized spacial score (nSPS) is 13.3. The predicted molar refractivity (Wildman–Crippen MR) is 107 cm³/mol. The van der Waals surface area contributed by atoms with E-state index in [0.717, 1.165) is 31.2 Å². The van der Waals surface area contributed by atoms with Gasteiger partial charge in [0, 0.05) is 11.3 Å². The predicted octanol–water partition coefficient (Wildman–Crippen LogP) is 3.36. The van der Waals surface area contributed by atoms with Crippen molar-refractivity contribution in [2.45, 2.75) is 38.5 Å². The Morgan fingerprint density at radius 3 is 2.83 bits per heavy atom. The molecule has 0 amide bonds. The maximum atomic E-state index is 13.6. The standard InChI is InChI=1S/C21H19FN2O4S/c22-14-7-3-1-5-12(14)15(25)11-28-18(26)10-9-17-23-20(27)19-13-6-2-4-8-16(13)29-21(19)24-17/h1,3,5,7H,2,4,6,8-11H2,(H,23,24,27). The molecule has 1 aromatic carbocycles. The zero-order valence-electron chi connectivity index (χ0n) is 15.6. The number of hydrogen-bond donors (Lipinski definition) is 1. The first-order chi connectivity index (χ1) is 14.0. The molecule has 2 aromatic heterocycles. The lowest BCUT2D eigenvalue weighted by molar-refractivity contribution is -0.142. The molecule has 1 aliphatic rings. The maximum Gasteiger partial charge on any atom is 0.306 e. The van der Waals surface area contributed by atoms with E-state index in [9.17, 15) is 18.8 Å². The van der Waals surface area contributed by atoms with Gasteiger partial charge in [0.25, 0.3) is 5.56 Å². The van der Waals surface area contributed by atoms with Crippen LogP contribution in [-0.4, -0.2) is 28.3 Å². The second kappa shape index (κ2) is 8.24. The summed E-state index contributed by atoms with van der Waals surface area (Å²) in [6.07, 6.45) is 4.25. The Morgan fingerprint density at radius 2 is 2.00 bits per heavy atom. The highest BCUT2D eigenvalue weighted by atomic mass is 32.1. The van der Waals surface area contributed by atoms with Gasteiger partial charge in [0.2, 0.25) is 5.78 Å². The number of fused-ring (bicyclic) bond motifs is 3. The summed E-state index contributed by atoms with van der Waals surface area (Å²) in [5.41, 5.74) is 0.827. The molecule has 1 N–H and O–H groups in total. The molecule has 0 atom stereocenters. The van der Waals surface area contributed by atoms with Crippen molar-refractivity contribution < 1.29 is 18.7 Å². The van der Waals surface area contributed by atoms with Crippen molar-refractivity contribution in [1.29, 1.82) is 0 Å². The minimum atomic E-state index is -0.651. The lowest BCUT2D eigenvalue weighted by Gasteiger charge is -2.09. The van der Waals surface area contributed by atoms with Gasteiger partial charge in [-0.05, 0) is 43.4 Å². The molecule has 6 nitrogen and oxygen atoms in total. The van der Waals surface area contributed by atoms with Crippen molar-refractivity contribution in [1.82, 2.24) is 9.97 Å². The van der Waals surface area contributed by atoms with E-state index in [0.29, 0.717) is 16.0 Å². The third kappa shape index (κ3) is 4.12. The number of nitrogens with zero attached hydrogens (tertiary/aromatic N) is 1. The Morgan fingerprint density at radius 1 is 1.21 bits per heavy atom. The van der Waals surface area contributed by atoms with Crippen LogP contribution < -0.4 is 5.56 Å². The molecular weight excluding hydrogens is 395 g/mol. The van der Waals surface area contributed by atoms with E-state index in [1.165, 1.54) is 23.1 Å². The van der Waals surface area contributed by atoms with Gasteiger partial charge in [0.1, 0.15) is 16.5 Å². The van der Waals surface area contributed by atoms with Gasteiger partial charge in [0.05, 0.1) is 17.4 Å². The monoisotopic (exact) mass is 414 g/mol. The van der Waals surface area contributed by atoms with Gasteiger partial charge in [0.15, 0.2) is 6.61 Å². The molecule has 0 unspecified atom stereocenters. The van der Waals surface area contributed by atoms with Crippen molar-refractivity contribution in [2.24, 2.45) is 0 Å². The third-order valence-electron chi connectivity index (χ3n) is 4.98. The molecular formula is C21H19FN2O4S. The third-order valence-corrected chi connectivity index (χ3v) is 6.16. The fourth-order valence-electron chi connectivity index (χ4n) is 3.53. The van der Waals surface area contributed by atoms with Crippen LogP contribution in [-0.2, 0) is 28.8 Å². The minimum Gasteiger partial charge on any atom is -0.457 e. The molecule has 3 aromatic rings. The SMILES string of the molecule is O=C(CCc1nc2sc3c(c2c(=O)[nH]1)CCCC3)OCC(=O)c1ccccc1F. The van der Waals surface area contributed by atoms with E-state index in [1.807, 2.05) is 0 Å². The molecule has 1 aliphatic carbocycles. The summed E-state index contributed by atoms with van der Waals surface area (Å²) in [6, 6.07) is 5.54. The Bertz CT molecular complexity index is 1150. The van der Waals surface area contributed by atoms with Crippen molar-refractivity contribution in [3.8, 4) is 0 Å². The molecule has 0 fully saturated rings. The lowest BCUT2D eigenvalue weighted by Crippen LogP contribution is -2.17. The van der Waals surface area contributed by atoms with Crippen molar-refractivity contribution in [3.63, 3.8) is 0 Å². The zero-order chi connectivity index (χ0) is 20.4. The number of carbonyl (C=O) groups excluding carboxylic acids is 2. The summed E-state index contributed by atoms with van der Waals surface area (Å²) in [6.45, 7) is -0.527. The molecule has 150 valence electrons. The molecule has 4 rings (SSSR count). The summed E-state index contributed by atoms with van der Waals surface area (Å²) in [5, 5.41) is 0.673. The molecule has 2 heterocycles. The van der Waals surface area contributed by atoms with E-state index >= 15 is 0 Å². The van der Waals surface area contributed by atoms with Crippen LogP contribution in [0.25, 0.3) is 10.2 Å². The summed E-state index contributed by atoms with van der Waals surface area (Å²) < 4.78 is 18.5. The van der Waals surface area contributed by atoms with Crippen LogP contribution in [0, 0.1) is 5.82 Å². The van der Waals surface area contributed by atoms with Gasteiger partial charge in [-0.15, -0.1) is 11.3 Å². The van der Waals surface area contributed by atoms with Crippen LogP contribution in [0.4, 0.5) is 4.39 Å². The minimum absolute atomic E-state index is 0.0376. The van der Waals surface area contributed by atoms with Crippen LogP contribution in [0.2, 0.25) is 0 Å². The second-order valence-corrected chi connectivity index (χ2v) is 8.05. The van der Waals surface area contributed by atoms with Gasteiger partial charge in [-0.25, -0.2) is 9.37 Å². The first-order valence-electron chi connectivity index (χ1n) is 9.49. The average Bonchev–Trinajstić information content (AvgIpc) is 3.09. The second-order valence-electron chi connectivity index (χ2n) is 6.97. The van der Waals surface area contributed by atoms with Gasteiger partial charge >= 0.3 is 5.97 Å². The highest BCUT2D eigenvalue weighted by molar-refractivity contribution is 7.18. The van der Waals surface area contributed by atoms with Crippen LogP contribution in [0.5, 0.6) is 0 Å². The Balaban J connectivity index is 1.38. The van der Waals surface area contributed by atoms with Crippen LogP contribution in [0.3, 0.4) is 0 Å². The average molecular weight is 414 g/mol. The van der Waals surface area contributed by atoms with E-state index in [-0.39, 0.29) is 24.0 Å². The molecule has 0 aliphatic heterocycles. The molecule has 0 radical (unpaired) electrons. The summed E-state index contributed by atoms with van der Waals surface area (Å²) in [4.78, 5) is 45.6. The molecule has 29 heavy (non-hydrogen) atoms. The molecule has 0 saturated heterocycles. The largest absolute Gasteiger partial charge is 0.457 e. The smallest absolute Gasteiger partial charge is 0.306 e. The quantitative estimate of drug-likeness (QED) is 0.494. The van der Waals surface area contributed by atoms with Gasteiger partial charge in [-0.2, -0.15) is 0 Å². The summed E-state index contributed by atoms with van der Waals surface area (Å²) in [7, 11) is 0. The fraction of sp³-hybridized carbons (Fsp3) is 0.333. The van der Waals surface area contributed by atoms with Crippen LogP contribution >= 0.6 is 11.3 Å². The van der Waals surface area contributed by atoms with E-state index in [1.54, 1.807) is 17.4 Å². The Labute approximate surface area is 169 Å². The number of aromatic nitrogens is 2. The van der Waals surface area contributed by atoms with Crippen LogP contribution in [0.1, 0.15) is 45.9 Å². The number of thiophene rings is 1. The molecule has 0 saturated carbocycles. The van der Waals surface area contributed by atoms with Crippen molar-refractivity contribution >= 4 is 33.3 Å². The lowest BCUT2D eigenvalue weighted by atomic mass is 9.97. The number of esters is 1. The molecule has 0 spiro atoms. The highest BCUT2D eigenvalue weighted by Crippen LogP contribution is 2.33. The Hall–Kier alpha value is -2.87. The number of aromatic amines is 1. The van der Waals surface area contributed by atoms with Gasteiger partial charge in [-0.1, -0.05) is 12.1 Å². The molecule has 0 bridgehead atoms. The maximum absolute atomic E-state index is 13.6. The summed E-state index contributed by atoms with van der Waals surface area (Å²) in [5.74, 6) is -1.45. The summed E-state index contributed by atoms with van der Waals surface area (Å²) >= 11 is 1.55. The van der Waals surface area contributed by atoms with E-state index < -0.39 is 24.2 Å². The fourth-order valence-corrected chi connectivity index (χ4v) is 4.81. The first-order valence-corrected chi connectivity index (χ1v) is 10.3. The molecule has 8 heteroatoms. The van der Waals surface area contributed by atoms with E-state index in [4.69, 9.17) is 4.74 Å².